The van der Waals surface area contributed by atoms with Gasteiger partial charge in [-0.1, -0.05) is 6.42 Å². The van der Waals surface area contributed by atoms with Crippen molar-refractivity contribution in [2.75, 3.05) is 11.9 Å². The van der Waals surface area contributed by atoms with Crippen LogP contribution in [0.4, 0.5) is 18.9 Å². The van der Waals surface area contributed by atoms with Crippen LogP contribution in [0.2, 0.25) is 0 Å². The fourth-order valence-corrected chi connectivity index (χ4v) is 3.14. The predicted molar refractivity (Wildman–Crippen MR) is 61.7 cm³/mol. The standard InChI is InChI=1S/C13H14F3NO/c14-13(15,16)18-9-4-5-12-11(6-9)10-3-1-2-8(10)7-17-12/h4-6,8,10,17H,1-3,7H2. The van der Waals surface area contributed by atoms with Gasteiger partial charge in [0.25, 0.3) is 0 Å². The van der Waals surface area contributed by atoms with Crippen molar-refractivity contribution in [1.29, 1.82) is 0 Å². The minimum absolute atomic E-state index is 0.115. The summed E-state index contributed by atoms with van der Waals surface area (Å²) >= 11 is 0. The minimum Gasteiger partial charge on any atom is -0.406 e. The number of benzene rings is 1. The molecule has 0 spiro atoms. The number of nitrogens with one attached hydrogen (secondary N) is 1. The van der Waals surface area contributed by atoms with Gasteiger partial charge in [0.05, 0.1) is 0 Å². The van der Waals surface area contributed by atoms with Crippen molar-refractivity contribution in [3.63, 3.8) is 0 Å². The molecule has 0 amide bonds. The summed E-state index contributed by atoms with van der Waals surface area (Å²) in [5.74, 6) is 0.826. The summed E-state index contributed by atoms with van der Waals surface area (Å²) in [5.41, 5.74) is 1.93. The highest BCUT2D eigenvalue weighted by Crippen LogP contribution is 2.46. The predicted octanol–water partition coefficient (Wildman–Crippen LogP) is 3.89. The van der Waals surface area contributed by atoms with Crippen molar-refractivity contribution in [3.05, 3.63) is 23.8 Å². The smallest absolute Gasteiger partial charge is 0.406 e. The molecule has 2 aliphatic rings. The Morgan fingerprint density at radius 3 is 2.83 bits per heavy atom. The van der Waals surface area contributed by atoms with Crippen LogP contribution in [0.3, 0.4) is 0 Å². The third-order valence-electron chi connectivity index (χ3n) is 3.87. The Morgan fingerprint density at radius 1 is 1.22 bits per heavy atom. The second-order valence-electron chi connectivity index (χ2n) is 4.98. The van der Waals surface area contributed by atoms with Crippen LogP contribution in [-0.2, 0) is 0 Å². The largest absolute Gasteiger partial charge is 0.573 e. The Bertz CT molecular complexity index is 458. The van der Waals surface area contributed by atoms with Crippen LogP contribution in [0.15, 0.2) is 18.2 Å². The Hall–Kier alpha value is -1.39. The van der Waals surface area contributed by atoms with E-state index in [9.17, 15) is 13.2 Å². The first-order valence-corrected chi connectivity index (χ1v) is 6.16. The average Bonchev–Trinajstić information content (AvgIpc) is 2.75. The van der Waals surface area contributed by atoms with Crippen LogP contribution in [-0.4, -0.2) is 12.9 Å². The number of ether oxygens (including phenoxy) is 1. The molecule has 0 saturated heterocycles. The van der Waals surface area contributed by atoms with E-state index < -0.39 is 6.36 Å². The molecule has 18 heavy (non-hydrogen) atoms. The van der Waals surface area contributed by atoms with Crippen LogP contribution >= 0.6 is 0 Å². The molecule has 0 aromatic heterocycles. The van der Waals surface area contributed by atoms with E-state index in [1.807, 2.05) is 0 Å². The SMILES string of the molecule is FC(F)(F)Oc1ccc2c(c1)C1CCCC1CN2. The number of hydrogen-bond acceptors (Lipinski definition) is 2. The lowest BCUT2D eigenvalue weighted by atomic mass is 9.84. The number of halogens is 3. The van der Waals surface area contributed by atoms with Crippen LogP contribution in [0.25, 0.3) is 0 Å². The highest BCUT2D eigenvalue weighted by atomic mass is 19.4. The first-order chi connectivity index (χ1) is 8.53. The van der Waals surface area contributed by atoms with Gasteiger partial charge in [-0.05, 0) is 48.4 Å². The number of fused-ring (bicyclic) bond motifs is 3. The second kappa shape index (κ2) is 4.07. The first kappa shape index (κ1) is 11.7. The van der Waals surface area contributed by atoms with Gasteiger partial charge in [-0.2, -0.15) is 0 Å². The van der Waals surface area contributed by atoms with E-state index in [0.29, 0.717) is 11.8 Å². The molecular weight excluding hydrogens is 243 g/mol. The molecule has 0 radical (unpaired) electrons. The van der Waals surface area contributed by atoms with Gasteiger partial charge in [0.15, 0.2) is 0 Å². The molecule has 5 heteroatoms. The van der Waals surface area contributed by atoms with E-state index in [1.165, 1.54) is 12.1 Å². The zero-order valence-corrected chi connectivity index (χ0v) is 9.76. The highest BCUT2D eigenvalue weighted by molar-refractivity contribution is 5.58. The maximum atomic E-state index is 12.2. The van der Waals surface area contributed by atoms with Gasteiger partial charge in [-0.25, -0.2) is 0 Å². The van der Waals surface area contributed by atoms with Gasteiger partial charge >= 0.3 is 6.36 Å². The normalized spacial score (nSPS) is 26.2. The molecule has 1 fully saturated rings. The second-order valence-corrected chi connectivity index (χ2v) is 4.98. The summed E-state index contributed by atoms with van der Waals surface area (Å²) < 4.78 is 40.6. The Morgan fingerprint density at radius 2 is 2.06 bits per heavy atom. The third-order valence-corrected chi connectivity index (χ3v) is 3.87. The van der Waals surface area contributed by atoms with Gasteiger partial charge in [0, 0.05) is 12.2 Å². The topological polar surface area (TPSA) is 21.3 Å². The van der Waals surface area contributed by atoms with E-state index in [1.54, 1.807) is 6.07 Å². The van der Waals surface area contributed by atoms with Crippen molar-refractivity contribution in [2.24, 2.45) is 5.92 Å². The summed E-state index contributed by atoms with van der Waals surface area (Å²) in [6, 6.07) is 4.59. The van der Waals surface area contributed by atoms with Crippen LogP contribution < -0.4 is 10.1 Å². The molecule has 1 aromatic rings. The first-order valence-electron chi connectivity index (χ1n) is 6.16. The lowest BCUT2D eigenvalue weighted by molar-refractivity contribution is -0.274. The van der Waals surface area contributed by atoms with E-state index in [4.69, 9.17) is 0 Å². The van der Waals surface area contributed by atoms with Crippen molar-refractivity contribution in [1.82, 2.24) is 0 Å². The fourth-order valence-electron chi connectivity index (χ4n) is 3.14. The maximum absolute atomic E-state index is 12.2. The van der Waals surface area contributed by atoms with Crippen molar-refractivity contribution in [3.8, 4) is 5.75 Å². The molecule has 3 rings (SSSR count). The monoisotopic (exact) mass is 257 g/mol. The van der Waals surface area contributed by atoms with Crippen LogP contribution in [0, 0.1) is 5.92 Å². The molecule has 1 heterocycles. The molecular formula is C13H14F3NO. The molecule has 1 N–H and O–H groups in total. The Kier molecular flexibility index (Phi) is 2.64. The molecule has 1 aliphatic carbocycles. The zero-order valence-electron chi connectivity index (χ0n) is 9.76. The van der Waals surface area contributed by atoms with Gasteiger partial charge in [-0.15, -0.1) is 13.2 Å². The molecule has 1 aliphatic heterocycles. The number of alkyl halides is 3. The molecule has 2 unspecified atom stereocenters. The van der Waals surface area contributed by atoms with Gasteiger partial charge in [-0.3, -0.25) is 0 Å². The molecule has 98 valence electrons. The summed E-state index contributed by atoms with van der Waals surface area (Å²) in [6.07, 6.45) is -1.25. The molecule has 0 bridgehead atoms. The maximum Gasteiger partial charge on any atom is 0.573 e. The van der Waals surface area contributed by atoms with Crippen molar-refractivity contribution >= 4 is 5.69 Å². The highest BCUT2D eigenvalue weighted by Gasteiger charge is 2.35. The summed E-state index contributed by atoms with van der Waals surface area (Å²) in [6.45, 7) is 0.928. The lowest BCUT2D eigenvalue weighted by Crippen LogP contribution is -2.24. The fraction of sp³-hybridized carbons (Fsp3) is 0.538. The minimum atomic E-state index is -4.62. The molecule has 2 nitrogen and oxygen atoms in total. The van der Waals surface area contributed by atoms with E-state index >= 15 is 0 Å². The van der Waals surface area contributed by atoms with E-state index in [2.05, 4.69) is 10.1 Å². The summed E-state index contributed by atoms with van der Waals surface area (Å²) in [5, 5.41) is 3.29. The Labute approximate surface area is 103 Å². The summed E-state index contributed by atoms with van der Waals surface area (Å²) in [7, 11) is 0. The van der Waals surface area contributed by atoms with Crippen molar-refractivity contribution in [2.45, 2.75) is 31.5 Å². The zero-order chi connectivity index (χ0) is 12.8. The van der Waals surface area contributed by atoms with Crippen LogP contribution in [0.1, 0.15) is 30.7 Å². The quantitative estimate of drug-likeness (QED) is 0.824. The van der Waals surface area contributed by atoms with Gasteiger partial charge in [0.1, 0.15) is 5.75 Å². The molecule has 1 aromatic carbocycles. The third kappa shape index (κ3) is 2.13. The lowest BCUT2D eigenvalue weighted by Gasteiger charge is -2.30. The molecule has 2 atom stereocenters. The van der Waals surface area contributed by atoms with Gasteiger partial charge in [0.2, 0.25) is 0 Å². The van der Waals surface area contributed by atoms with Crippen LogP contribution in [0.5, 0.6) is 5.75 Å². The average molecular weight is 257 g/mol. The number of rotatable bonds is 1. The summed E-state index contributed by atoms with van der Waals surface area (Å²) in [4.78, 5) is 0. The van der Waals surface area contributed by atoms with E-state index in [-0.39, 0.29) is 5.75 Å². The van der Waals surface area contributed by atoms with Crippen molar-refractivity contribution < 1.29 is 17.9 Å². The van der Waals surface area contributed by atoms with E-state index in [0.717, 1.165) is 37.1 Å². The molecule has 1 saturated carbocycles. The Balaban J connectivity index is 1.91. The number of anilines is 1. The van der Waals surface area contributed by atoms with Gasteiger partial charge < -0.3 is 10.1 Å². The number of hydrogen-bond donors (Lipinski definition) is 1.